The molecule has 17 heavy (non-hydrogen) atoms. The minimum atomic E-state index is 0.265. The van der Waals surface area contributed by atoms with Crippen LogP contribution >= 0.6 is 0 Å². The van der Waals surface area contributed by atoms with Crippen molar-refractivity contribution >= 4 is 0 Å². The topological polar surface area (TPSA) is 38.5 Å². The van der Waals surface area contributed by atoms with Crippen molar-refractivity contribution in [1.82, 2.24) is 4.90 Å². The van der Waals surface area contributed by atoms with Crippen LogP contribution in [0.15, 0.2) is 0 Å². The molecule has 1 fully saturated rings. The van der Waals surface area contributed by atoms with Crippen LogP contribution in [0.4, 0.5) is 0 Å². The van der Waals surface area contributed by atoms with E-state index >= 15 is 0 Å². The van der Waals surface area contributed by atoms with E-state index in [0.29, 0.717) is 0 Å². The fraction of sp³-hybridized carbons (Fsp3) is 1.00. The summed E-state index contributed by atoms with van der Waals surface area (Å²) in [7, 11) is 0. The highest BCUT2D eigenvalue weighted by Crippen LogP contribution is 2.45. The molecule has 1 aliphatic carbocycles. The number of likely N-dealkylation sites (N-methyl/N-ethyl adjacent to an activating group) is 1. The van der Waals surface area contributed by atoms with Crippen LogP contribution in [0.2, 0.25) is 0 Å². The molecule has 0 heterocycles. The maximum atomic E-state index is 6.03. The third-order valence-corrected chi connectivity index (χ3v) is 4.37. The molecule has 0 saturated heterocycles. The Bertz CT molecular complexity index is 212. The second-order valence-corrected chi connectivity index (χ2v) is 5.62. The Labute approximate surface area is 107 Å². The molecule has 0 aromatic rings. The van der Waals surface area contributed by atoms with E-state index in [9.17, 15) is 0 Å². The van der Waals surface area contributed by atoms with Gasteiger partial charge in [-0.2, -0.15) is 0 Å². The molecule has 0 spiro atoms. The Morgan fingerprint density at radius 1 is 1.35 bits per heavy atom. The minimum absolute atomic E-state index is 0.265. The average Bonchev–Trinajstić information content (AvgIpc) is 2.25. The van der Waals surface area contributed by atoms with Crippen molar-refractivity contribution in [3.05, 3.63) is 0 Å². The number of hydrogen-bond donors (Lipinski definition) is 1. The molecule has 0 aromatic heterocycles. The van der Waals surface area contributed by atoms with Crippen molar-refractivity contribution in [2.75, 3.05) is 32.8 Å². The maximum absolute atomic E-state index is 6.03. The van der Waals surface area contributed by atoms with Gasteiger partial charge < -0.3 is 10.5 Å². The number of hydrogen-bond acceptors (Lipinski definition) is 3. The van der Waals surface area contributed by atoms with Gasteiger partial charge in [-0.25, -0.2) is 0 Å². The SMILES string of the molecule is CCOCCN(CC)C1(CN)CC(C(C)C)C1. The van der Waals surface area contributed by atoms with Crippen LogP contribution in [0.1, 0.15) is 40.5 Å². The third-order valence-electron chi connectivity index (χ3n) is 4.37. The summed E-state index contributed by atoms with van der Waals surface area (Å²) in [5, 5.41) is 0. The highest BCUT2D eigenvalue weighted by molar-refractivity contribution is 5.03. The monoisotopic (exact) mass is 242 g/mol. The average molecular weight is 242 g/mol. The molecule has 0 aromatic carbocycles. The fourth-order valence-corrected chi connectivity index (χ4v) is 2.99. The van der Waals surface area contributed by atoms with Gasteiger partial charge in [-0.1, -0.05) is 20.8 Å². The summed E-state index contributed by atoms with van der Waals surface area (Å²) < 4.78 is 5.47. The van der Waals surface area contributed by atoms with E-state index < -0.39 is 0 Å². The van der Waals surface area contributed by atoms with Crippen LogP contribution in [0.3, 0.4) is 0 Å². The van der Waals surface area contributed by atoms with E-state index in [1.165, 1.54) is 12.8 Å². The first-order valence-corrected chi connectivity index (χ1v) is 7.12. The molecule has 3 heteroatoms. The lowest BCUT2D eigenvalue weighted by molar-refractivity contribution is -0.0442. The van der Waals surface area contributed by atoms with Gasteiger partial charge in [0.25, 0.3) is 0 Å². The Kier molecular flexibility index (Phi) is 5.90. The predicted octanol–water partition coefficient (Wildman–Crippen LogP) is 2.11. The first kappa shape index (κ1) is 14.9. The van der Waals surface area contributed by atoms with Crippen LogP contribution in [0, 0.1) is 11.8 Å². The van der Waals surface area contributed by atoms with Crippen LogP contribution < -0.4 is 5.73 Å². The van der Waals surface area contributed by atoms with Crippen molar-refractivity contribution in [2.45, 2.75) is 46.1 Å². The molecule has 1 aliphatic rings. The quantitative estimate of drug-likeness (QED) is 0.663. The van der Waals surface area contributed by atoms with Gasteiger partial charge in [0.05, 0.1) is 6.61 Å². The zero-order chi connectivity index (χ0) is 12.9. The molecule has 2 N–H and O–H groups in total. The summed E-state index contributed by atoms with van der Waals surface area (Å²) in [5.41, 5.74) is 6.29. The Morgan fingerprint density at radius 3 is 2.41 bits per heavy atom. The Morgan fingerprint density at radius 2 is 2.00 bits per heavy atom. The van der Waals surface area contributed by atoms with Crippen LogP contribution in [-0.2, 0) is 4.74 Å². The zero-order valence-corrected chi connectivity index (χ0v) is 12.0. The van der Waals surface area contributed by atoms with Crippen molar-refractivity contribution in [2.24, 2.45) is 17.6 Å². The summed E-state index contributed by atoms with van der Waals surface area (Å²) in [6.07, 6.45) is 2.53. The summed E-state index contributed by atoms with van der Waals surface area (Å²) in [6.45, 7) is 13.4. The fourth-order valence-electron chi connectivity index (χ4n) is 2.99. The molecular formula is C14H30N2O. The van der Waals surface area contributed by atoms with Crippen molar-refractivity contribution in [1.29, 1.82) is 0 Å². The van der Waals surface area contributed by atoms with Crippen LogP contribution in [0.5, 0.6) is 0 Å². The number of rotatable bonds is 8. The molecule has 0 aliphatic heterocycles. The lowest BCUT2D eigenvalue weighted by Crippen LogP contribution is -2.63. The van der Waals surface area contributed by atoms with E-state index in [2.05, 4.69) is 25.7 Å². The van der Waals surface area contributed by atoms with Gasteiger partial charge in [0, 0.05) is 25.2 Å². The van der Waals surface area contributed by atoms with E-state index in [4.69, 9.17) is 10.5 Å². The molecular weight excluding hydrogens is 212 g/mol. The molecule has 0 amide bonds. The molecule has 0 atom stereocenters. The maximum Gasteiger partial charge on any atom is 0.0593 e. The smallest absolute Gasteiger partial charge is 0.0593 e. The van der Waals surface area contributed by atoms with Gasteiger partial charge >= 0.3 is 0 Å². The van der Waals surface area contributed by atoms with E-state index in [1.807, 2.05) is 6.92 Å². The standard InChI is InChI=1S/C14H30N2O/c1-5-16(7-8-17-6-2)14(11-15)9-13(10-14)12(3)4/h12-13H,5-11,15H2,1-4H3. The van der Waals surface area contributed by atoms with Gasteiger partial charge in [-0.15, -0.1) is 0 Å². The Hall–Kier alpha value is -0.120. The number of ether oxygens (including phenoxy) is 1. The second kappa shape index (κ2) is 6.72. The summed E-state index contributed by atoms with van der Waals surface area (Å²) in [6, 6.07) is 0. The Balaban J connectivity index is 2.48. The van der Waals surface area contributed by atoms with Crippen molar-refractivity contribution in [3.63, 3.8) is 0 Å². The van der Waals surface area contributed by atoms with Crippen LogP contribution in [0.25, 0.3) is 0 Å². The van der Waals surface area contributed by atoms with Gasteiger partial charge in [-0.3, -0.25) is 4.90 Å². The van der Waals surface area contributed by atoms with Gasteiger partial charge in [0.1, 0.15) is 0 Å². The zero-order valence-electron chi connectivity index (χ0n) is 12.0. The molecule has 0 bridgehead atoms. The molecule has 0 radical (unpaired) electrons. The van der Waals surface area contributed by atoms with Crippen LogP contribution in [-0.4, -0.2) is 43.3 Å². The first-order chi connectivity index (χ1) is 8.09. The highest BCUT2D eigenvalue weighted by Gasteiger charge is 2.47. The van der Waals surface area contributed by atoms with Crippen molar-refractivity contribution in [3.8, 4) is 0 Å². The van der Waals surface area contributed by atoms with E-state index in [-0.39, 0.29) is 5.54 Å². The van der Waals surface area contributed by atoms with Gasteiger partial charge in [-0.05, 0) is 38.1 Å². The lowest BCUT2D eigenvalue weighted by Gasteiger charge is -2.55. The third kappa shape index (κ3) is 3.43. The van der Waals surface area contributed by atoms with Crippen molar-refractivity contribution < 1.29 is 4.74 Å². The summed E-state index contributed by atoms with van der Waals surface area (Å²) >= 11 is 0. The minimum Gasteiger partial charge on any atom is -0.380 e. The second-order valence-electron chi connectivity index (χ2n) is 5.62. The summed E-state index contributed by atoms with van der Waals surface area (Å²) in [5.74, 6) is 1.65. The molecule has 102 valence electrons. The van der Waals surface area contributed by atoms with E-state index in [0.717, 1.165) is 44.7 Å². The van der Waals surface area contributed by atoms with Gasteiger partial charge in [0.2, 0.25) is 0 Å². The molecule has 3 nitrogen and oxygen atoms in total. The lowest BCUT2D eigenvalue weighted by atomic mass is 9.63. The number of nitrogens with zero attached hydrogens (tertiary/aromatic N) is 1. The predicted molar refractivity (Wildman–Crippen MR) is 73.1 cm³/mol. The van der Waals surface area contributed by atoms with E-state index in [1.54, 1.807) is 0 Å². The summed E-state index contributed by atoms with van der Waals surface area (Å²) in [4.78, 5) is 2.53. The number of nitrogens with two attached hydrogens (primary N) is 1. The molecule has 1 rings (SSSR count). The molecule has 1 saturated carbocycles. The highest BCUT2D eigenvalue weighted by atomic mass is 16.5. The van der Waals surface area contributed by atoms with Gasteiger partial charge in [0.15, 0.2) is 0 Å². The first-order valence-electron chi connectivity index (χ1n) is 7.12. The molecule has 0 unspecified atom stereocenters. The normalized spacial score (nSPS) is 28.8. The largest absolute Gasteiger partial charge is 0.380 e.